The van der Waals surface area contributed by atoms with Crippen molar-refractivity contribution >= 4 is 22.7 Å². The summed E-state index contributed by atoms with van der Waals surface area (Å²) in [6.07, 6.45) is 4.74. The van der Waals surface area contributed by atoms with Crippen LogP contribution in [0.1, 0.15) is 69.7 Å². The number of hydrogen-bond acceptors (Lipinski definition) is 5. The molecule has 6 heteroatoms. The second kappa shape index (κ2) is 9.15. The number of fused-ring (bicyclic) bond motifs is 1. The van der Waals surface area contributed by atoms with Gasteiger partial charge >= 0.3 is 6.09 Å². The zero-order valence-corrected chi connectivity index (χ0v) is 20.4. The van der Waals surface area contributed by atoms with Crippen molar-refractivity contribution < 1.29 is 9.53 Å². The molecule has 6 nitrogen and oxygen atoms in total. The van der Waals surface area contributed by atoms with Gasteiger partial charge in [-0.3, -0.25) is 9.88 Å². The molecule has 1 saturated heterocycles. The second-order valence-corrected chi connectivity index (χ2v) is 10.5. The molecule has 0 saturated carbocycles. The molecule has 0 spiro atoms. The molecule has 0 radical (unpaired) electrons. The summed E-state index contributed by atoms with van der Waals surface area (Å²) >= 11 is 0. The van der Waals surface area contributed by atoms with E-state index in [4.69, 9.17) is 9.72 Å². The first kappa shape index (κ1) is 23.3. The van der Waals surface area contributed by atoms with Gasteiger partial charge in [-0.2, -0.15) is 5.26 Å². The topological polar surface area (TPSA) is 69.5 Å². The highest BCUT2D eigenvalue weighted by Crippen LogP contribution is 2.33. The van der Waals surface area contributed by atoms with Crippen molar-refractivity contribution in [3.63, 3.8) is 0 Å². The van der Waals surface area contributed by atoms with Gasteiger partial charge in [0.15, 0.2) is 0 Å². The Morgan fingerprint density at radius 1 is 1.21 bits per heavy atom. The lowest BCUT2D eigenvalue weighted by atomic mass is 9.90. The standard InChI is InChI=1S/C27H34N4O2/c1-18-6-9-24(31(17-18)26(32)33-27(2,3)4)21-8-7-20-14-22(16-28)25(29-23(20)15-21)19-10-12-30(5)13-11-19/h7-9,14-15,18-19H,6,10-13,17H2,1-5H3/t18-/m0/s1. The molecule has 1 aromatic carbocycles. The summed E-state index contributed by atoms with van der Waals surface area (Å²) in [6.45, 7) is 10.5. The van der Waals surface area contributed by atoms with Crippen LogP contribution >= 0.6 is 0 Å². The number of benzene rings is 1. The summed E-state index contributed by atoms with van der Waals surface area (Å²) in [5.41, 5.74) is 3.72. The van der Waals surface area contributed by atoms with Gasteiger partial charge in [0.25, 0.3) is 0 Å². The molecule has 0 unspecified atom stereocenters. The van der Waals surface area contributed by atoms with E-state index in [1.54, 1.807) is 4.90 Å². The highest BCUT2D eigenvalue weighted by molar-refractivity contribution is 5.88. The third-order valence-electron chi connectivity index (χ3n) is 6.48. The molecule has 174 valence electrons. The number of pyridine rings is 1. The van der Waals surface area contributed by atoms with Gasteiger partial charge < -0.3 is 9.64 Å². The lowest BCUT2D eigenvalue weighted by molar-refractivity contribution is 0.0327. The number of hydrogen-bond donors (Lipinski definition) is 0. The normalized spacial score (nSPS) is 20.4. The number of carbonyl (C=O) groups excluding carboxylic acids is 1. The number of aromatic nitrogens is 1. The molecule has 33 heavy (non-hydrogen) atoms. The summed E-state index contributed by atoms with van der Waals surface area (Å²) in [4.78, 5) is 22.1. The van der Waals surface area contributed by atoms with Gasteiger partial charge in [0, 0.05) is 23.4 Å². The van der Waals surface area contributed by atoms with E-state index >= 15 is 0 Å². The van der Waals surface area contributed by atoms with Crippen LogP contribution in [0, 0.1) is 17.2 Å². The first-order valence-electron chi connectivity index (χ1n) is 11.9. The average Bonchev–Trinajstić information content (AvgIpc) is 2.77. The first-order valence-corrected chi connectivity index (χ1v) is 11.9. The Bertz CT molecular complexity index is 1120. The molecule has 2 aromatic rings. The highest BCUT2D eigenvalue weighted by Gasteiger charge is 2.30. The Morgan fingerprint density at radius 3 is 2.61 bits per heavy atom. The number of piperidine rings is 1. The fourth-order valence-electron chi connectivity index (χ4n) is 4.70. The lowest BCUT2D eigenvalue weighted by Gasteiger charge is -2.34. The quantitative estimate of drug-likeness (QED) is 0.606. The van der Waals surface area contributed by atoms with Crippen molar-refractivity contribution in [3.8, 4) is 6.07 Å². The Kier molecular flexibility index (Phi) is 6.45. The predicted molar refractivity (Wildman–Crippen MR) is 131 cm³/mol. The lowest BCUT2D eigenvalue weighted by Crippen LogP contribution is -2.39. The molecular weight excluding hydrogens is 412 g/mol. The summed E-state index contributed by atoms with van der Waals surface area (Å²) in [7, 11) is 2.14. The van der Waals surface area contributed by atoms with E-state index in [0.29, 0.717) is 23.9 Å². The minimum atomic E-state index is -0.551. The molecule has 4 rings (SSSR count). The zero-order valence-electron chi connectivity index (χ0n) is 20.4. The van der Waals surface area contributed by atoms with Crippen LogP contribution in [0.15, 0.2) is 30.3 Å². The van der Waals surface area contributed by atoms with E-state index in [2.05, 4.69) is 31.0 Å². The van der Waals surface area contributed by atoms with Crippen LogP contribution in [0.25, 0.3) is 16.6 Å². The SMILES string of the molecule is C[C@H]1CC=C(c2ccc3cc(C#N)c(C4CCN(C)CC4)nc3c2)N(C(=O)OC(C)(C)C)C1. The Hall–Kier alpha value is -2.91. The van der Waals surface area contributed by atoms with E-state index in [1.165, 1.54) is 0 Å². The van der Waals surface area contributed by atoms with E-state index < -0.39 is 5.60 Å². The van der Waals surface area contributed by atoms with Crippen molar-refractivity contribution in [2.75, 3.05) is 26.7 Å². The van der Waals surface area contributed by atoms with Crippen LogP contribution < -0.4 is 0 Å². The van der Waals surface area contributed by atoms with Crippen molar-refractivity contribution in [2.45, 2.75) is 58.5 Å². The third kappa shape index (κ3) is 5.20. The fraction of sp³-hybridized carbons (Fsp3) is 0.519. The number of rotatable bonds is 2. The van der Waals surface area contributed by atoms with Crippen molar-refractivity contribution in [2.24, 2.45) is 5.92 Å². The number of allylic oxidation sites excluding steroid dienone is 1. The maximum absolute atomic E-state index is 13.0. The maximum atomic E-state index is 13.0. The van der Waals surface area contributed by atoms with Gasteiger partial charge in [-0.15, -0.1) is 0 Å². The van der Waals surface area contributed by atoms with Crippen LogP contribution in [0.3, 0.4) is 0 Å². The fourth-order valence-corrected chi connectivity index (χ4v) is 4.70. The Labute approximate surface area is 196 Å². The predicted octanol–water partition coefficient (Wildman–Crippen LogP) is 5.53. The van der Waals surface area contributed by atoms with E-state index in [0.717, 1.165) is 60.2 Å². The molecule has 0 bridgehead atoms. The van der Waals surface area contributed by atoms with Crippen LogP contribution in [0.2, 0.25) is 0 Å². The van der Waals surface area contributed by atoms with E-state index in [1.807, 2.05) is 45.0 Å². The number of likely N-dealkylation sites (tertiary alicyclic amines) is 1. The van der Waals surface area contributed by atoms with Crippen molar-refractivity contribution in [1.29, 1.82) is 5.26 Å². The Balaban J connectivity index is 1.71. The molecule has 1 fully saturated rings. The monoisotopic (exact) mass is 446 g/mol. The molecule has 2 aliphatic heterocycles. The van der Waals surface area contributed by atoms with E-state index in [9.17, 15) is 10.1 Å². The van der Waals surface area contributed by atoms with Crippen molar-refractivity contribution in [1.82, 2.24) is 14.8 Å². The number of carbonyl (C=O) groups is 1. The minimum absolute atomic E-state index is 0.303. The average molecular weight is 447 g/mol. The van der Waals surface area contributed by atoms with Gasteiger partial charge in [0.1, 0.15) is 11.7 Å². The van der Waals surface area contributed by atoms with Gasteiger partial charge in [-0.05, 0) is 78.2 Å². The molecule has 3 heterocycles. The molecule has 1 aromatic heterocycles. The van der Waals surface area contributed by atoms with Crippen molar-refractivity contribution in [3.05, 3.63) is 47.2 Å². The van der Waals surface area contributed by atoms with E-state index in [-0.39, 0.29) is 6.09 Å². The smallest absolute Gasteiger partial charge is 0.414 e. The molecule has 0 aliphatic carbocycles. The molecule has 2 aliphatic rings. The number of nitrogens with zero attached hydrogens (tertiary/aromatic N) is 4. The number of amides is 1. The first-order chi connectivity index (χ1) is 15.6. The molecule has 1 amide bonds. The zero-order chi connectivity index (χ0) is 23.8. The minimum Gasteiger partial charge on any atom is -0.443 e. The van der Waals surface area contributed by atoms with Crippen LogP contribution in [0.5, 0.6) is 0 Å². The van der Waals surface area contributed by atoms with Crippen LogP contribution in [-0.2, 0) is 4.74 Å². The molecule has 1 atom stereocenters. The van der Waals surface area contributed by atoms with Gasteiger partial charge in [0.2, 0.25) is 0 Å². The highest BCUT2D eigenvalue weighted by atomic mass is 16.6. The largest absolute Gasteiger partial charge is 0.443 e. The second-order valence-electron chi connectivity index (χ2n) is 10.5. The van der Waals surface area contributed by atoms with Crippen LogP contribution in [-0.4, -0.2) is 53.2 Å². The molecule has 0 N–H and O–H groups in total. The summed E-state index contributed by atoms with van der Waals surface area (Å²) < 4.78 is 5.69. The number of ether oxygens (including phenoxy) is 1. The van der Waals surface area contributed by atoms with Crippen LogP contribution in [0.4, 0.5) is 4.79 Å². The molecular formula is C27H34N4O2. The maximum Gasteiger partial charge on any atom is 0.414 e. The van der Waals surface area contributed by atoms with Gasteiger partial charge in [-0.1, -0.05) is 25.1 Å². The number of nitriles is 1. The van der Waals surface area contributed by atoms with Gasteiger partial charge in [-0.25, -0.2) is 4.79 Å². The summed E-state index contributed by atoms with van der Waals surface area (Å²) in [6, 6.07) is 10.4. The summed E-state index contributed by atoms with van der Waals surface area (Å²) in [5.74, 6) is 0.672. The Morgan fingerprint density at radius 2 is 1.94 bits per heavy atom. The third-order valence-corrected chi connectivity index (χ3v) is 6.48. The van der Waals surface area contributed by atoms with Gasteiger partial charge in [0.05, 0.1) is 22.5 Å². The summed E-state index contributed by atoms with van der Waals surface area (Å²) in [5, 5.41) is 10.7.